The first kappa shape index (κ1) is 12.8. The zero-order valence-electron chi connectivity index (χ0n) is 10.7. The van der Waals surface area contributed by atoms with E-state index in [1.54, 1.807) is 18.5 Å². The molecule has 0 atom stereocenters. The highest BCUT2D eigenvalue weighted by atomic mass is 16.2. The Balaban J connectivity index is 1.92. The lowest BCUT2D eigenvalue weighted by Gasteiger charge is -2.30. The molecule has 1 aliphatic rings. The minimum Gasteiger partial charge on any atom is -0.339 e. The number of hydrogen-bond donors (Lipinski definition) is 1. The van der Waals surface area contributed by atoms with Gasteiger partial charge in [0.2, 0.25) is 5.91 Å². The molecule has 96 valence electrons. The van der Waals surface area contributed by atoms with E-state index >= 15 is 0 Å². The maximum Gasteiger partial charge on any atom is 0.246 e. The van der Waals surface area contributed by atoms with Crippen molar-refractivity contribution in [2.75, 3.05) is 20.1 Å². The van der Waals surface area contributed by atoms with Crippen LogP contribution in [0.2, 0.25) is 0 Å². The van der Waals surface area contributed by atoms with Crippen LogP contribution in [0.25, 0.3) is 6.08 Å². The second kappa shape index (κ2) is 6.31. The van der Waals surface area contributed by atoms with Crippen LogP contribution >= 0.6 is 0 Å². The minimum absolute atomic E-state index is 0.0683. The van der Waals surface area contributed by atoms with Gasteiger partial charge in [-0.05, 0) is 49.7 Å². The molecule has 1 aromatic heterocycles. The number of carbonyl (C=O) groups excluding carboxylic acids is 1. The van der Waals surface area contributed by atoms with Crippen molar-refractivity contribution in [1.82, 2.24) is 15.2 Å². The molecule has 2 rings (SSSR count). The van der Waals surface area contributed by atoms with E-state index in [0.29, 0.717) is 6.04 Å². The summed E-state index contributed by atoms with van der Waals surface area (Å²) in [5.41, 5.74) is 0.997. The average molecular weight is 245 g/mol. The van der Waals surface area contributed by atoms with Crippen LogP contribution in [0, 0.1) is 0 Å². The molecule has 0 saturated carbocycles. The Labute approximate surface area is 108 Å². The Morgan fingerprint density at radius 2 is 2.06 bits per heavy atom. The molecule has 0 bridgehead atoms. The van der Waals surface area contributed by atoms with E-state index in [4.69, 9.17) is 0 Å². The van der Waals surface area contributed by atoms with Crippen molar-refractivity contribution in [2.24, 2.45) is 0 Å². The molecule has 4 heteroatoms. The largest absolute Gasteiger partial charge is 0.339 e. The van der Waals surface area contributed by atoms with Crippen molar-refractivity contribution in [1.29, 1.82) is 0 Å². The van der Waals surface area contributed by atoms with Gasteiger partial charge in [0.25, 0.3) is 0 Å². The Bertz CT molecular complexity index is 410. The average Bonchev–Trinajstić information content (AvgIpc) is 2.46. The monoisotopic (exact) mass is 245 g/mol. The van der Waals surface area contributed by atoms with Crippen LogP contribution in [0.15, 0.2) is 30.6 Å². The second-order valence-electron chi connectivity index (χ2n) is 4.54. The van der Waals surface area contributed by atoms with Gasteiger partial charge in [0.05, 0.1) is 0 Å². The van der Waals surface area contributed by atoms with E-state index in [2.05, 4.69) is 10.3 Å². The predicted octanol–water partition coefficient (Wildman–Crippen LogP) is 1.31. The van der Waals surface area contributed by atoms with Crippen LogP contribution in [0.1, 0.15) is 18.4 Å². The predicted molar refractivity (Wildman–Crippen MR) is 71.9 cm³/mol. The highest BCUT2D eigenvalue weighted by Gasteiger charge is 2.20. The molecule has 0 aromatic carbocycles. The van der Waals surface area contributed by atoms with E-state index in [-0.39, 0.29) is 5.91 Å². The topological polar surface area (TPSA) is 45.2 Å². The molecule has 1 aromatic rings. The third-order valence-electron chi connectivity index (χ3n) is 3.33. The van der Waals surface area contributed by atoms with Gasteiger partial charge in [-0.2, -0.15) is 0 Å². The van der Waals surface area contributed by atoms with Gasteiger partial charge in [0.15, 0.2) is 0 Å². The summed E-state index contributed by atoms with van der Waals surface area (Å²) in [5, 5.41) is 3.30. The van der Waals surface area contributed by atoms with E-state index in [1.165, 1.54) is 0 Å². The zero-order valence-corrected chi connectivity index (χ0v) is 10.7. The number of piperidine rings is 1. The number of amides is 1. The van der Waals surface area contributed by atoms with Crippen LogP contribution < -0.4 is 5.32 Å². The van der Waals surface area contributed by atoms with Crippen LogP contribution in [0.4, 0.5) is 0 Å². The van der Waals surface area contributed by atoms with Gasteiger partial charge in [0.1, 0.15) is 0 Å². The highest BCUT2D eigenvalue weighted by molar-refractivity contribution is 5.91. The van der Waals surface area contributed by atoms with E-state index < -0.39 is 0 Å². The molecular weight excluding hydrogens is 226 g/mol. The summed E-state index contributed by atoms with van der Waals surface area (Å²) in [6.07, 6.45) is 8.98. The molecule has 0 unspecified atom stereocenters. The summed E-state index contributed by atoms with van der Waals surface area (Å²) in [6, 6.07) is 4.13. The Morgan fingerprint density at radius 3 is 2.72 bits per heavy atom. The Kier molecular flexibility index (Phi) is 4.47. The van der Waals surface area contributed by atoms with Gasteiger partial charge in [-0.15, -0.1) is 0 Å². The van der Waals surface area contributed by atoms with Crippen molar-refractivity contribution in [3.8, 4) is 0 Å². The fourth-order valence-electron chi connectivity index (χ4n) is 2.13. The van der Waals surface area contributed by atoms with Gasteiger partial charge >= 0.3 is 0 Å². The zero-order chi connectivity index (χ0) is 12.8. The van der Waals surface area contributed by atoms with Gasteiger partial charge in [-0.25, -0.2) is 0 Å². The fraction of sp³-hybridized carbons (Fsp3) is 0.429. The number of nitrogens with zero attached hydrogens (tertiary/aromatic N) is 2. The Morgan fingerprint density at radius 1 is 1.39 bits per heavy atom. The highest BCUT2D eigenvalue weighted by Crippen LogP contribution is 2.10. The normalized spacial score (nSPS) is 16.9. The maximum absolute atomic E-state index is 12.0. The summed E-state index contributed by atoms with van der Waals surface area (Å²) in [5.74, 6) is 0.0683. The Hall–Kier alpha value is -1.68. The number of rotatable bonds is 3. The lowest BCUT2D eigenvalue weighted by Crippen LogP contribution is -2.43. The van der Waals surface area contributed by atoms with Crippen LogP contribution in [-0.4, -0.2) is 42.0 Å². The van der Waals surface area contributed by atoms with Gasteiger partial charge in [-0.1, -0.05) is 0 Å². The first-order chi connectivity index (χ1) is 8.77. The summed E-state index contributed by atoms with van der Waals surface area (Å²) >= 11 is 0. The maximum atomic E-state index is 12.0. The summed E-state index contributed by atoms with van der Waals surface area (Å²) in [7, 11) is 1.88. The van der Waals surface area contributed by atoms with Crippen LogP contribution in [0.3, 0.4) is 0 Å². The molecule has 0 spiro atoms. The van der Waals surface area contributed by atoms with Crippen molar-refractivity contribution in [3.63, 3.8) is 0 Å². The molecule has 0 radical (unpaired) electrons. The number of aromatic nitrogens is 1. The summed E-state index contributed by atoms with van der Waals surface area (Å²) < 4.78 is 0. The number of likely N-dealkylation sites (N-methyl/N-ethyl adjacent to an activating group) is 1. The van der Waals surface area contributed by atoms with Gasteiger partial charge in [0, 0.05) is 31.6 Å². The lowest BCUT2D eigenvalue weighted by molar-refractivity contribution is -0.127. The third-order valence-corrected chi connectivity index (χ3v) is 3.33. The minimum atomic E-state index is 0.0683. The van der Waals surface area contributed by atoms with Crippen molar-refractivity contribution >= 4 is 12.0 Å². The number of pyridine rings is 1. The SMILES string of the molecule is CN(C(=O)/C=C/c1ccncc1)C1CCNCC1. The van der Waals surface area contributed by atoms with Crippen LogP contribution in [-0.2, 0) is 4.79 Å². The smallest absolute Gasteiger partial charge is 0.246 e. The van der Waals surface area contributed by atoms with Crippen molar-refractivity contribution in [2.45, 2.75) is 18.9 Å². The second-order valence-corrected chi connectivity index (χ2v) is 4.54. The molecule has 1 amide bonds. The van der Waals surface area contributed by atoms with E-state index in [9.17, 15) is 4.79 Å². The van der Waals surface area contributed by atoms with Crippen molar-refractivity contribution < 1.29 is 4.79 Å². The summed E-state index contributed by atoms with van der Waals surface area (Å²) in [4.78, 5) is 17.8. The molecule has 18 heavy (non-hydrogen) atoms. The summed E-state index contributed by atoms with van der Waals surface area (Å²) in [6.45, 7) is 1.99. The molecule has 1 fully saturated rings. The molecular formula is C14H19N3O. The quantitative estimate of drug-likeness (QED) is 0.817. The molecule has 1 aliphatic heterocycles. The molecule has 1 saturated heterocycles. The van der Waals surface area contributed by atoms with Crippen LogP contribution in [0.5, 0.6) is 0 Å². The number of nitrogens with one attached hydrogen (secondary N) is 1. The molecule has 1 N–H and O–H groups in total. The van der Waals surface area contributed by atoms with E-state index in [0.717, 1.165) is 31.5 Å². The number of hydrogen-bond acceptors (Lipinski definition) is 3. The lowest BCUT2D eigenvalue weighted by atomic mass is 10.1. The molecule has 4 nitrogen and oxygen atoms in total. The third kappa shape index (κ3) is 3.40. The molecule has 2 heterocycles. The molecule has 0 aliphatic carbocycles. The van der Waals surface area contributed by atoms with E-state index in [1.807, 2.05) is 30.2 Å². The first-order valence-electron chi connectivity index (χ1n) is 6.33. The fourth-order valence-corrected chi connectivity index (χ4v) is 2.13. The first-order valence-corrected chi connectivity index (χ1v) is 6.33. The van der Waals surface area contributed by atoms with Crippen molar-refractivity contribution in [3.05, 3.63) is 36.2 Å². The standard InChI is InChI=1S/C14H19N3O/c1-17(13-6-10-16-11-7-13)14(18)3-2-12-4-8-15-9-5-12/h2-5,8-9,13,16H,6-7,10-11H2,1H3/b3-2+. The van der Waals surface area contributed by atoms with Gasteiger partial charge in [-0.3, -0.25) is 9.78 Å². The van der Waals surface area contributed by atoms with Gasteiger partial charge < -0.3 is 10.2 Å². The number of carbonyl (C=O) groups is 1.